The van der Waals surface area contributed by atoms with Crippen molar-refractivity contribution < 1.29 is 11.0 Å². The summed E-state index contributed by atoms with van der Waals surface area (Å²) in [7, 11) is 0.225. The van der Waals surface area contributed by atoms with Crippen molar-refractivity contribution >= 4 is 36.9 Å². The molecule has 0 amide bonds. The molecular weight excluding hydrogens is 244 g/mol. The number of thioether (sulfide) groups is 1. The summed E-state index contributed by atoms with van der Waals surface area (Å²) < 4.78 is 0. The van der Waals surface area contributed by atoms with E-state index >= 15 is 0 Å². The van der Waals surface area contributed by atoms with Crippen LogP contribution in [-0.4, -0.2) is 12.0 Å². The molecule has 50 valence electrons. The Labute approximate surface area is 64.9 Å². The Morgan fingerprint density at radius 2 is 2.43 bits per heavy atom. The molecule has 0 aromatic heterocycles. The third-order valence-corrected chi connectivity index (χ3v) is 3.43. The number of hydrogen-bond acceptors (Lipinski definition) is 2. The second-order valence-corrected chi connectivity index (χ2v) is 8.28. The van der Waals surface area contributed by atoms with Gasteiger partial charge in [0.05, 0.1) is 0 Å². The quantitative estimate of drug-likeness (QED) is 0.594. The zero-order valence-electron chi connectivity index (χ0n) is 3.95. The Morgan fingerprint density at radius 3 is 2.57 bits per heavy atom. The zero-order valence-corrected chi connectivity index (χ0v) is 8.19. The van der Waals surface area contributed by atoms with Crippen molar-refractivity contribution in [3.05, 3.63) is 0 Å². The fourth-order valence-corrected chi connectivity index (χ4v) is 3.28. The van der Waals surface area contributed by atoms with Gasteiger partial charge in [-0.1, -0.05) is 0 Å². The van der Waals surface area contributed by atoms with Gasteiger partial charge in [0.15, 0.2) is 0 Å². The molecule has 0 aromatic rings. The van der Waals surface area contributed by atoms with E-state index in [-0.39, 0.29) is 11.0 Å². The van der Waals surface area contributed by atoms with E-state index in [1.54, 1.807) is 0 Å². The summed E-state index contributed by atoms with van der Waals surface area (Å²) in [5, 5.41) is 1.16. The van der Waals surface area contributed by atoms with Gasteiger partial charge in [-0.05, 0) is 0 Å². The maximum absolute atomic E-state index is 4.16. The molecule has 0 N–H and O–H groups in total. The van der Waals surface area contributed by atoms with Crippen molar-refractivity contribution in [2.45, 2.75) is 5.32 Å². The monoisotopic (exact) mass is 250 g/mol. The van der Waals surface area contributed by atoms with Crippen molar-refractivity contribution in [1.29, 1.82) is 0 Å². The molecule has 0 atom stereocenters. The predicted octanol–water partition coefficient (Wildman–Crippen LogP) is 2.54. The summed E-state index contributed by atoms with van der Waals surface area (Å²) >= 11 is 9.36. The van der Waals surface area contributed by atoms with Gasteiger partial charge in [0.1, 0.15) is 0 Å². The Bertz CT molecular complexity index is 41.9. The van der Waals surface area contributed by atoms with Crippen molar-refractivity contribution in [1.82, 2.24) is 0 Å². The summed E-state index contributed by atoms with van der Waals surface area (Å²) in [6.07, 6.45) is 2.10. The normalized spacial score (nSPS) is 11.6. The van der Waals surface area contributed by atoms with Gasteiger partial charge in [-0.15, -0.1) is 0 Å². The molecule has 0 bridgehead atoms. The van der Waals surface area contributed by atoms with Crippen molar-refractivity contribution in [3.63, 3.8) is 0 Å². The van der Waals surface area contributed by atoms with Gasteiger partial charge in [-0.25, -0.2) is 0 Å². The fourth-order valence-electron chi connectivity index (χ4n) is 0.112. The minimum absolute atomic E-state index is 0.225. The van der Waals surface area contributed by atoms with E-state index in [2.05, 4.69) is 31.4 Å². The van der Waals surface area contributed by atoms with E-state index in [1.165, 1.54) is 5.75 Å². The van der Waals surface area contributed by atoms with Gasteiger partial charge < -0.3 is 0 Å². The van der Waals surface area contributed by atoms with Crippen molar-refractivity contribution in [3.8, 4) is 0 Å². The third kappa shape index (κ3) is 7.70. The predicted molar refractivity (Wildman–Crippen MR) is 41.1 cm³/mol. The standard InChI is InChI=1S/C3H7S.BrH.Cu.H2S/c1-3-4-2;;;/h1,3H2,2H3;1H;;1H2/q;;+2;/p-2. The Hall–Kier alpha value is 1.70. The second kappa shape index (κ2) is 5.83. The maximum atomic E-state index is 4.16. The molecule has 0 radical (unpaired) electrons. The van der Waals surface area contributed by atoms with Crippen LogP contribution in [0.5, 0.6) is 0 Å². The summed E-state index contributed by atoms with van der Waals surface area (Å²) in [5.74, 6) is 1.20. The molecular formula is C3H8BrCuS2. The van der Waals surface area contributed by atoms with Gasteiger partial charge in [-0.2, -0.15) is 0 Å². The van der Waals surface area contributed by atoms with Gasteiger partial charge in [0, 0.05) is 0 Å². The molecule has 0 saturated carbocycles. The Balaban J connectivity index is 2.68. The summed E-state index contributed by atoms with van der Waals surface area (Å²) in [4.78, 5) is 0. The molecule has 0 spiro atoms. The van der Waals surface area contributed by atoms with Crippen LogP contribution in [0, 0.1) is 0 Å². The van der Waals surface area contributed by atoms with Crippen LogP contribution in [0.1, 0.15) is 0 Å². The van der Waals surface area contributed by atoms with Crippen LogP contribution in [0.3, 0.4) is 0 Å². The molecule has 0 rings (SSSR count). The summed E-state index contributed by atoms with van der Waals surface area (Å²) in [5.41, 5.74) is 0. The summed E-state index contributed by atoms with van der Waals surface area (Å²) in [6.45, 7) is 0. The first-order valence-electron chi connectivity index (χ1n) is 1.66. The first kappa shape index (κ1) is 8.70. The zero-order chi connectivity index (χ0) is 5.70. The van der Waals surface area contributed by atoms with E-state index < -0.39 is 0 Å². The van der Waals surface area contributed by atoms with Crippen LogP contribution in [0.15, 0.2) is 0 Å². The van der Waals surface area contributed by atoms with Gasteiger partial charge in [-0.3, -0.25) is 0 Å². The molecule has 0 aromatic carbocycles. The van der Waals surface area contributed by atoms with Crippen molar-refractivity contribution in [2.75, 3.05) is 12.0 Å². The molecule has 0 nitrogen and oxygen atoms in total. The molecule has 7 heavy (non-hydrogen) atoms. The molecule has 0 saturated heterocycles. The van der Waals surface area contributed by atoms with Crippen LogP contribution in [-0.2, 0) is 11.0 Å². The number of rotatable bonds is 3. The average Bonchev–Trinajstić information content (AvgIpc) is 1.61. The summed E-state index contributed by atoms with van der Waals surface area (Å²) in [6, 6.07) is 0. The molecule has 4 heteroatoms. The van der Waals surface area contributed by atoms with Crippen LogP contribution >= 0.6 is 36.9 Å². The molecule has 0 aliphatic carbocycles. The van der Waals surface area contributed by atoms with Gasteiger partial charge >= 0.3 is 65.2 Å². The third-order valence-electron chi connectivity index (χ3n) is 0.390. The van der Waals surface area contributed by atoms with E-state index in [0.717, 1.165) is 5.32 Å². The van der Waals surface area contributed by atoms with Crippen LogP contribution in [0.4, 0.5) is 0 Å². The van der Waals surface area contributed by atoms with E-state index in [1.807, 2.05) is 11.8 Å². The molecule has 0 aliphatic rings. The fraction of sp³-hybridized carbons (Fsp3) is 1.00. The second-order valence-electron chi connectivity index (χ2n) is 0.870. The van der Waals surface area contributed by atoms with Gasteiger partial charge in [0.2, 0.25) is 0 Å². The molecule has 0 fully saturated rings. The first-order chi connectivity index (χ1) is 3.27. The number of halogens is 1. The molecule has 0 unspecified atom stereocenters. The Kier molecular flexibility index (Phi) is 7.24. The number of hydrogen-bond donors (Lipinski definition) is 1. The minimum atomic E-state index is 0.225. The Morgan fingerprint density at radius 1 is 1.86 bits per heavy atom. The van der Waals surface area contributed by atoms with Gasteiger partial charge in [0.25, 0.3) is 0 Å². The van der Waals surface area contributed by atoms with Crippen LogP contribution < -0.4 is 0 Å². The van der Waals surface area contributed by atoms with Crippen LogP contribution in [0.2, 0.25) is 5.32 Å². The molecule has 0 heterocycles. The van der Waals surface area contributed by atoms with E-state index in [9.17, 15) is 0 Å². The van der Waals surface area contributed by atoms with Crippen molar-refractivity contribution in [2.24, 2.45) is 0 Å². The van der Waals surface area contributed by atoms with Crippen LogP contribution in [0.25, 0.3) is 0 Å². The van der Waals surface area contributed by atoms with E-state index in [0.29, 0.717) is 0 Å². The van der Waals surface area contributed by atoms with E-state index in [4.69, 9.17) is 0 Å². The topological polar surface area (TPSA) is 0 Å². The average molecular weight is 252 g/mol. The first-order valence-corrected chi connectivity index (χ1v) is 7.58. The number of thiol groups is 1. The molecule has 0 aliphatic heterocycles. The SMILES string of the molecule is CSC[CH2][Cu]([SH])[Br].